The van der Waals surface area contributed by atoms with Gasteiger partial charge in [-0.1, -0.05) is 17.7 Å². The molecule has 2 aliphatic rings. The van der Waals surface area contributed by atoms with Gasteiger partial charge in [-0.3, -0.25) is 9.69 Å². The Labute approximate surface area is 165 Å². The normalized spacial score (nSPS) is 18.2. The fourth-order valence-corrected chi connectivity index (χ4v) is 3.45. The first kappa shape index (κ1) is 18.8. The van der Waals surface area contributed by atoms with Crippen molar-refractivity contribution >= 4 is 28.9 Å². The smallest absolute Gasteiger partial charge is 0.395 e. The lowest BCUT2D eigenvalue weighted by atomic mass is 10.2. The number of carbonyl (C=O) groups is 1. The lowest BCUT2D eigenvalue weighted by Gasteiger charge is -2.35. The fraction of sp³-hybridized carbons (Fsp3) is 0.316. The average Bonchev–Trinajstić information content (AvgIpc) is 2.95. The minimum atomic E-state index is -3.67. The van der Waals surface area contributed by atoms with Gasteiger partial charge < -0.3 is 19.7 Å². The standard InChI is InChI=1S/C19H18ClF2N3O3/c20-13-2-1-3-15(10-13)25-8-6-24(7-9-25)12-18(26)23-14-4-5-16-17(11-14)28-19(21,22)27-16/h1-5,10-11H,6-9,12H2,(H,23,26). The molecule has 2 aliphatic heterocycles. The molecule has 1 saturated heterocycles. The summed E-state index contributed by atoms with van der Waals surface area (Å²) in [4.78, 5) is 16.6. The van der Waals surface area contributed by atoms with Crippen LogP contribution in [-0.4, -0.2) is 49.8 Å². The molecule has 1 N–H and O–H groups in total. The summed E-state index contributed by atoms with van der Waals surface area (Å²) in [6.45, 7) is 3.24. The molecule has 0 bridgehead atoms. The number of ether oxygens (including phenoxy) is 2. The van der Waals surface area contributed by atoms with E-state index in [1.165, 1.54) is 18.2 Å². The third kappa shape index (κ3) is 4.28. The van der Waals surface area contributed by atoms with Crippen LogP contribution in [0, 0.1) is 0 Å². The van der Waals surface area contributed by atoms with Gasteiger partial charge >= 0.3 is 6.29 Å². The Morgan fingerprint density at radius 2 is 1.82 bits per heavy atom. The van der Waals surface area contributed by atoms with Crippen LogP contribution < -0.4 is 19.7 Å². The second-order valence-corrected chi connectivity index (χ2v) is 7.06. The lowest BCUT2D eigenvalue weighted by Crippen LogP contribution is -2.48. The van der Waals surface area contributed by atoms with Crippen LogP contribution >= 0.6 is 11.6 Å². The van der Waals surface area contributed by atoms with Crippen molar-refractivity contribution in [2.45, 2.75) is 6.29 Å². The summed E-state index contributed by atoms with van der Waals surface area (Å²) in [6.07, 6.45) is -3.67. The predicted molar refractivity (Wildman–Crippen MR) is 101 cm³/mol. The summed E-state index contributed by atoms with van der Waals surface area (Å²) in [6, 6.07) is 11.9. The van der Waals surface area contributed by atoms with Crippen molar-refractivity contribution in [1.29, 1.82) is 0 Å². The molecule has 6 nitrogen and oxygen atoms in total. The number of alkyl halides is 2. The summed E-state index contributed by atoms with van der Waals surface area (Å²) in [7, 11) is 0. The van der Waals surface area contributed by atoms with E-state index >= 15 is 0 Å². The highest BCUT2D eigenvalue weighted by Crippen LogP contribution is 2.42. The minimum absolute atomic E-state index is 0.0554. The number of nitrogens with one attached hydrogen (secondary N) is 1. The molecule has 28 heavy (non-hydrogen) atoms. The summed E-state index contributed by atoms with van der Waals surface area (Å²) in [5.41, 5.74) is 1.44. The molecule has 2 aromatic rings. The SMILES string of the molecule is O=C(CN1CCN(c2cccc(Cl)c2)CC1)Nc1ccc2c(c1)OC(F)(F)O2. The number of benzene rings is 2. The van der Waals surface area contributed by atoms with E-state index in [2.05, 4.69) is 19.7 Å². The molecule has 0 aromatic heterocycles. The molecule has 1 amide bonds. The van der Waals surface area contributed by atoms with Crippen LogP contribution in [0.3, 0.4) is 0 Å². The zero-order valence-corrected chi connectivity index (χ0v) is 15.6. The summed E-state index contributed by atoms with van der Waals surface area (Å²) < 4.78 is 34.9. The van der Waals surface area contributed by atoms with Crippen molar-refractivity contribution in [3.8, 4) is 11.5 Å². The quantitative estimate of drug-likeness (QED) is 0.838. The van der Waals surface area contributed by atoms with Crippen LogP contribution in [0.1, 0.15) is 0 Å². The number of carbonyl (C=O) groups excluding carboxylic acids is 1. The van der Waals surface area contributed by atoms with Gasteiger partial charge in [-0.2, -0.15) is 0 Å². The minimum Gasteiger partial charge on any atom is -0.395 e. The molecule has 0 spiro atoms. The van der Waals surface area contributed by atoms with Crippen LogP contribution in [0.2, 0.25) is 5.02 Å². The van der Waals surface area contributed by atoms with Crippen molar-refractivity contribution in [1.82, 2.24) is 4.90 Å². The number of fused-ring (bicyclic) bond motifs is 1. The molecule has 0 saturated carbocycles. The first-order chi connectivity index (χ1) is 13.4. The Morgan fingerprint density at radius 3 is 2.57 bits per heavy atom. The maximum Gasteiger partial charge on any atom is 0.586 e. The van der Waals surface area contributed by atoms with Gasteiger partial charge in [-0.25, -0.2) is 0 Å². The molecular weight excluding hydrogens is 392 g/mol. The number of hydrogen-bond donors (Lipinski definition) is 1. The second kappa shape index (κ2) is 7.44. The van der Waals surface area contributed by atoms with Crippen LogP contribution in [0.5, 0.6) is 11.5 Å². The predicted octanol–water partition coefficient (Wildman–Crippen LogP) is 3.42. The molecule has 148 valence electrons. The third-order valence-corrected chi connectivity index (χ3v) is 4.83. The Hall–Kier alpha value is -2.58. The topological polar surface area (TPSA) is 54.0 Å². The van der Waals surface area contributed by atoms with Gasteiger partial charge in [0.15, 0.2) is 11.5 Å². The second-order valence-electron chi connectivity index (χ2n) is 6.62. The van der Waals surface area contributed by atoms with E-state index in [-0.39, 0.29) is 24.0 Å². The van der Waals surface area contributed by atoms with Crippen LogP contribution in [-0.2, 0) is 4.79 Å². The molecule has 1 fully saturated rings. The Morgan fingerprint density at radius 1 is 1.07 bits per heavy atom. The number of nitrogens with zero attached hydrogens (tertiary/aromatic N) is 2. The zero-order valence-electron chi connectivity index (χ0n) is 14.8. The number of anilines is 2. The highest BCUT2D eigenvalue weighted by atomic mass is 35.5. The molecule has 0 atom stereocenters. The molecule has 4 rings (SSSR count). The highest BCUT2D eigenvalue weighted by Gasteiger charge is 2.43. The van der Waals surface area contributed by atoms with Crippen molar-refractivity contribution in [2.75, 3.05) is 42.9 Å². The monoisotopic (exact) mass is 409 g/mol. The number of rotatable bonds is 4. The number of hydrogen-bond acceptors (Lipinski definition) is 5. The van der Waals surface area contributed by atoms with Crippen LogP contribution in [0.25, 0.3) is 0 Å². The average molecular weight is 410 g/mol. The zero-order chi connectivity index (χ0) is 19.7. The van der Waals surface area contributed by atoms with Crippen molar-refractivity contribution in [2.24, 2.45) is 0 Å². The molecular formula is C19H18ClF2N3O3. The van der Waals surface area contributed by atoms with E-state index in [0.717, 1.165) is 31.9 Å². The fourth-order valence-electron chi connectivity index (χ4n) is 3.27. The van der Waals surface area contributed by atoms with E-state index in [9.17, 15) is 13.6 Å². The third-order valence-electron chi connectivity index (χ3n) is 4.60. The lowest BCUT2D eigenvalue weighted by molar-refractivity contribution is -0.286. The van der Waals surface area contributed by atoms with Gasteiger partial charge in [-0.15, -0.1) is 8.78 Å². The van der Waals surface area contributed by atoms with E-state index in [1.807, 2.05) is 29.2 Å². The summed E-state index contributed by atoms with van der Waals surface area (Å²) in [5, 5.41) is 3.40. The van der Waals surface area contributed by atoms with Crippen molar-refractivity contribution in [3.63, 3.8) is 0 Å². The molecule has 2 aromatic carbocycles. The maximum atomic E-state index is 13.1. The molecule has 9 heteroatoms. The Kier molecular flexibility index (Phi) is 4.99. The van der Waals surface area contributed by atoms with E-state index in [4.69, 9.17) is 11.6 Å². The first-order valence-corrected chi connectivity index (χ1v) is 9.18. The summed E-state index contributed by atoms with van der Waals surface area (Å²) in [5.74, 6) is -0.375. The van der Waals surface area contributed by atoms with Gasteiger partial charge in [0.2, 0.25) is 5.91 Å². The van der Waals surface area contributed by atoms with Gasteiger partial charge in [0, 0.05) is 48.6 Å². The highest BCUT2D eigenvalue weighted by molar-refractivity contribution is 6.30. The van der Waals surface area contributed by atoms with E-state index < -0.39 is 6.29 Å². The van der Waals surface area contributed by atoms with Gasteiger partial charge in [0.1, 0.15) is 0 Å². The largest absolute Gasteiger partial charge is 0.586 e. The van der Waals surface area contributed by atoms with E-state index in [1.54, 1.807) is 0 Å². The number of amides is 1. The van der Waals surface area contributed by atoms with Crippen molar-refractivity contribution < 1.29 is 23.0 Å². The molecule has 0 unspecified atom stereocenters. The maximum absolute atomic E-state index is 13.1. The number of halogens is 3. The van der Waals surface area contributed by atoms with Crippen LogP contribution in [0.15, 0.2) is 42.5 Å². The Balaban J connectivity index is 1.29. The molecule has 2 heterocycles. The van der Waals surface area contributed by atoms with Crippen LogP contribution in [0.4, 0.5) is 20.2 Å². The van der Waals surface area contributed by atoms with Crippen molar-refractivity contribution in [3.05, 3.63) is 47.5 Å². The number of piperazine rings is 1. The first-order valence-electron chi connectivity index (χ1n) is 8.81. The Bertz CT molecular complexity index is 888. The van der Waals surface area contributed by atoms with E-state index in [0.29, 0.717) is 10.7 Å². The van der Waals surface area contributed by atoms with Gasteiger partial charge in [0.25, 0.3) is 0 Å². The molecule has 0 aliphatic carbocycles. The molecule has 0 radical (unpaired) electrons. The van der Waals surface area contributed by atoms with Gasteiger partial charge in [-0.05, 0) is 30.3 Å². The van der Waals surface area contributed by atoms with Gasteiger partial charge in [0.05, 0.1) is 6.54 Å². The summed E-state index contributed by atoms with van der Waals surface area (Å²) >= 11 is 6.04.